The maximum atomic E-state index is 11.0. The first-order valence-corrected chi connectivity index (χ1v) is 5.67. The number of halogens is 2. The third-order valence-electron chi connectivity index (χ3n) is 1.98. The number of carboxylic acid groups (broad SMARTS) is 1. The molecule has 0 radical (unpaired) electrons. The van der Waals surface area contributed by atoms with Crippen molar-refractivity contribution >= 4 is 29.2 Å². The average Bonchev–Trinajstić information content (AvgIpc) is 2.20. The molecule has 0 unspecified atom stereocenters. The van der Waals surface area contributed by atoms with Gasteiger partial charge in [-0.3, -0.25) is 0 Å². The zero-order valence-corrected chi connectivity index (χ0v) is 10.3. The summed E-state index contributed by atoms with van der Waals surface area (Å²) in [5.41, 5.74) is -0.00592. The molecule has 0 aliphatic carbocycles. The summed E-state index contributed by atoms with van der Waals surface area (Å²) in [6.07, 6.45) is 1.81. The number of unbranched alkanes of at least 4 members (excludes halogenated alkanes) is 1. The van der Waals surface area contributed by atoms with E-state index in [1.54, 1.807) is 0 Å². The van der Waals surface area contributed by atoms with Gasteiger partial charge in [0.15, 0.2) is 5.75 Å². The lowest BCUT2D eigenvalue weighted by atomic mass is 10.2. The van der Waals surface area contributed by atoms with Gasteiger partial charge >= 0.3 is 5.97 Å². The molecule has 3 nitrogen and oxygen atoms in total. The van der Waals surface area contributed by atoms with Gasteiger partial charge in [-0.05, 0) is 18.6 Å². The van der Waals surface area contributed by atoms with Crippen LogP contribution in [0.1, 0.15) is 30.1 Å². The fraction of sp³-hybridized carbons (Fsp3) is 0.364. The lowest BCUT2D eigenvalue weighted by Gasteiger charge is -2.10. The van der Waals surface area contributed by atoms with Gasteiger partial charge < -0.3 is 9.84 Å². The van der Waals surface area contributed by atoms with Gasteiger partial charge in [-0.15, -0.1) is 0 Å². The average molecular weight is 263 g/mol. The fourth-order valence-corrected chi connectivity index (χ4v) is 1.73. The van der Waals surface area contributed by atoms with E-state index in [0.717, 1.165) is 12.8 Å². The molecule has 1 aromatic carbocycles. The first-order valence-electron chi connectivity index (χ1n) is 4.91. The van der Waals surface area contributed by atoms with Gasteiger partial charge in [-0.25, -0.2) is 4.79 Å². The van der Waals surface area contributed by atoms with Crippen molar-refractivity contribution < 1.29 is 14.6 Å². The largest absolute Gasteiger partial charge is 0.491 e. The molecule has 0 heterocycles. The van der Waals surface area contributed by atoms with E-state index in [0.29, 0.717) is 6.61 Å². The molecule has 0 aliphatic rings. The quantitative estimate of drug-likeness (QED) is 0.820. The Labute approximate surface area is 104 Å². The van der Waals surface area contributed by atoms with E-state index >= 15 is 0 Å². The molecule has 1 N–H and O–H groups in total. The van der Waals surface area contributed by atoms with E-state index < -0.39 is 5.97 Å². The minimum Gasteiger partial charge on any atom is -0.491 e. The molecule has 88 valence electrons. The molecular weight excluding hydrogens is 251 g/mol. The number of ether oxygens (including phenoxy) is 1. The molecule has 1 rings (SSSR count). The molecule has 16 heavy (non-hydrogen) atoms. The van der Waals surface area contributed by atoms with E-state index in [9.17, 15) is 4.79 Å². The lowest BCUT2D eigenvalue weighted by molar-refractivity contribution is 0.0692. The van der Waals surface area contributed by atoms with E-state index in [4.69, 9.17) is 33.0 Å². The van der Waals surface area contributed by atoms with E-state index in [1.807, 2.05) is 6.92 Å². The van der Waals surface area contributed by atoms with Crippen molar-refractivity contribution in [2.24, 2.45) is 0 Å². The predicted octanol–water partition coefficient (Wildman–Crippen LogP) is 3.87. The van der Waals surface area contributed by atoms with Crippen LogP contribution in [0.15, 0.2) is 12.1 Å². The summed E-state index contributed by atoms with van der Waals surface area (Å²) in [5.74, 6) is -0.914. The molecule has 0 aliphatic heterocycles. The normalized spacial score (nSPS) is 10.2. The molecule has 0 amide bonds. The van der Waals surface area contributed by atoms with Crippen molar-refractivity contribution in [2.75, 3.05) is 6.61 Å². The van der Waals surface area contributed by atoms with E-state index in [-0.39, 0.29) is 21.4 Å². The summed E-state index contributed by atoms with van der Waals surface area (Å²) in [4.78, 5) is 11.0. The van der Waals surface area contributed by atoms with Gasteiger partial charge in [-0.2, -0.15) is 0 Å². The van der Waals surface area contributed by atoms with Crippen LogP contribution in [-0.2, 0) is 0 Å². The Bertz CT molecular complexity index is 391. The molecule has 1 aromatic rings. The second kappa shape index (κ2) is 5.97. The SMILES string of the molecule is CCCCOc1c(Cl)cc(Cl)cc1C(=O)O. The number of carbonyl (C=O) groups is 1. The Hall–Kier alpha value is -0.930. The van der Waals surface area contributed by atoms with Gasteiger partial charge in [0, 0.05) is 5.02 Å². The van der Waals surface area contributed by atoms with Gasteiger partial charge in [0.2, 0.25) is 0 Å². The van der Waals surface area contributed by atoms with Crippen LogP contribution in [0.5, 0.6) is 5.75 Å². The summed E-state index contributed by atoms with van der Waals surface area (Å²) in [7, 11) is 0. The molecule has 0 saturated carbocycles. The molecule has 0 aromatic heterocycles. The molecule has 5 heteroatoms. The summed E-state index contributed by atoms with van der Waals surface area (Å²) >= 11 is 11.6. The smallest absolute Gasteiger partial charge is 0.339 e. The number of hydrogen-bond acceptors (Lipinski definition) is 2. The minimum atomic E-state index is -1.10. The maximum absolute atomic E-state index is 11.0. The first-order chi connectivity index (χ1) is 7.56. The number of carboxylic acids is 1. The second-order valence-corrected chi connectivity index (χ2v) is 4.12. The van der Waals surface area contributed by atoms with Crippen LogP contribution in [0, 0.1) is 0 Å². The van der Waals surface area contributed by atoms with Crippen molar-refractivity contribution in [3.63, 3.8) is 0 Å². The highest BCUT2D eigenvalue weighted by Crippen LogP contribution is 2.32. The lowest BCUT2D eigenvalue weighted by Crippen LogP contribution is -2.05. The van der Waals surface area contributed by atoms with Crippen LogP contribution in [0.25, 0.3) is 0 Å². The molecule has 0 atom stereocenters. The van der Waals surface area contributed by atoms with E-state index in [2.05, 4.69) is 0 Å². The number of benzene rings is 1. The summed E-state index contributed by atoms with van der Waals surface area (Å²) in [6.45, 7) is 2.46. The maximum Gasteiger partial charge on any atom is 0.339 e. The zero-order valence-electron chi connectivity index (χ0n) is 8.80. The Morgan fingerprint density at radius 1 is 1.44 bits per heavy atom. The summed E-state index contributed by atoms with van der Waals surface area (Å²) in [6, 6.07) is 2.80. The Morgan fingerprint density at radius 3 is 2.69 bits per heavy atom. The molecule has 0 saturated heterocycles. The van der Waals surface area contributed by atoms with Gasteiger partial charge in [0.1, 0.15) is 5.56 Å². The predicted molar refractivity (Wildman–Crippen MR) is 63.8 cm³/mol. The van der Waals surface area contributed by atoms with Crippen molar-refractivity contribution in [3.8, 4) is 5.75 Å². The standard InChI is InChI=1S/C11H12Cl2O3/c1-2-3-4-16-10-8(11(14)15)5-7(12)6-9(10)13/h5-6H,2-4H2,1H3,(H,14,15). The third kappa shape index (κ3) is 3.29. The topological polar surface area (TPSA) is 46.5 Å². The first kappa shape index (κ1) is 13.1. The number of hydrogen-bond donors (Lipinski definition) is 1. The zero-order chi connectivity index (χ0) is 12.1. The summed E-state index contributed by atoms with van der Waals surface area (Å²) in [5, 5.41) is 9.48. The highest BCUT2D eigenvalue weighted by atomic mass is 35.5. The molecule has 0 bridgehead atoms. The molecule has 0 spiro atoms. The number of aromatic carboxylic acids is 1. The highest BCUT2D eigenvalue weighted by Gasteiger charge is 2.16. The molecule has 0 fully saturated rings. The minimum absolute atomic E-state index is 0.00592. The third-order valence-corrected chi connectivity index (χ3v) is 2.48. The second-order valence-electron chi connectivity index (χ2n) is 3.27. The Morgan fingerprint density at radius 2 is 2.12 bits per heavy atom. The summed E-state index contributed by atoms with van der Waals surface area (Å²) < 4.78 is 5.35. The monoisotopic (exact) mass is 262 g/mol. The van der Waals surface area contributed by atoms with Crippen molar-refractivity contribution in [3.05, 3.63) is 27.7 Å². The van der Waals surface area contributed by atoms with Crippen LogP contribution in [0.2, 0.25) is 10.0 Å². The van der Waals surface area contributed by atoms with Crippen LogP contribution < -0.4 is 4.74 Å². The van der Waals surface area contributed by atoms with E-state index in [1.165, 1.54) is 12.1 Å². The number of rotatable bonds is 5. The fourth-order valence-electron chi connectivity index (χ4n) is 1.18. The van der Waals surface area contributed by atoms with Crippen LogP contribution in [0.3, 0.4) is 0 Å². The molecular formula is C11H12Cl2O3. The van der Waals surface area contributed by atoms with Crippen molar-refractivity contribution in [1.82, 2.24) is 0 Å². The van der Waals surface area contributed by atoms with Gasteiger partial charge in [0.05, 0.1) is 11.6 Å². The van der Waals surface area contributed by atoms with Crippen LogP contribution in [-0.4, -0.2) is 17.7 Å². The van der Waals surface area contributed by atoms with Crippen LogP contribution in [0.4, 0.5) is 0 Å². The van der Waals surface area contributed by atoms with Crippen molar-refractivity contribution in [1.29, 1.82) is 0 Å². The van der Waals surface area contributed by atoms with Gasteiger partial charge in [0.25, 0.3) is 0 Å². The van der Waals surface area contributed by atoms with Crippen LogP contribution >= 0.6 is 23.2 Å². The highest BCUT2D eigenvalue weighted by molar-refractivity contribution is 6.36. The Balaban J connectivity index is 2.99. The Kier molecular flexibility index (Phi) is 4.90. The van der Waals surface area contributed by atoms with Crippen molar-refractivity contribution in [2.45, 2.75) is 19.8 Å². The van der Waals surface area contributed by atoms with Gasteiger partial charge in [-0.1, -0.05) is 36.5 Å².